The molecule has 0 spiro atoms. The minimum Gasteiger partial charge on any atom is -0.389 e. The van der Waals surface area contributed by atoms with E-state index in [-0.39, 0.29) is 21.3 Å². The van der Waals surface area contributed by atoms with Crippen LogP contribution in [0.4, 0.5) is 15.1 Å². The number of ether oxygens (including phenoxy) is 1. The molecule has 4 rings (SSSR count). The maximum atomic E-state index is 14.1. The molecule has 2 aromatic heterocycles. The van der Waals surface area contributed by atoms with E-state index in [9.17, 15) is 9.18 Å². The fourth-order valence-corrected chi connectivity index (χ4v) is 3.91. The van der Waals surface area contributed by atoms with Crippen LogP contribution in [0.2, 0.25) is 5.02 Å². The van der Waals surface area contributed by atoms with Gasteiger partial charge in [-0.25, -0.2) is 9.37 Å². The molecule has 5 N–H and O–H groups in total. The van der Waals surface area contributed by atoms with Crippen LogP contribution >= 0.6 is 22.9 Å². The lowest BCUT2D eigenvalue weighted by atomic mass is 10.1. The molecule has 1 fully saturated rings. The van der Waals surface area contributed by atoms with Crippen molar-refractivity contribution in [3.05, 3.63) is 47.1 Å². The molecular formula is C20H24ClFN6O2S. The van der Waals surface area contributed by atoms with Crippen LogP contribution in [0, 0.1) is 5.82 Å². The van der Waals surface area contributed by atoms with Crippen molar-refractivity contribution >= 4 is 39.5 Å². The second-order valence-corrected chi connectivity index (χ2v) is 8.43. The first-order valence-corrected chi connectivity index (χ1v) is 10.9. The SMILES string of the molecule is Cn1cc(NC(=O)c2nc(-c3cccc(Cl)c3F)sc2N)cn1.NC1CCCOCC1. The number of carbonyl (C=O) groups excluding carboxylic acids is 1. The van der Waals surface area contributed by atoms with Gasteiger partial charge in [0.2, 0.25) is 0 Å². The Bertz CT molecular complexity index is 1030. The van der Waals surface area contributed by atoms with E-state index in [4.69, 9.17) is 27.8 Å². The van der Waals surface area contributed by atoms with Crippen LogP contribution in [0.5, 0.6) is 0 Å². The third-order valence-corrected chi connectivity index (χ3v) is 5.72. The molecule has 166 valence electrons. The molecule has 0 aliphatic carbocycles. The number of aryl methyl sites for hydroxylation is 1. The lowest BCUT2D eigenvalue weighted by molar-refractivity contribution is 0.102. The number of nitrogen functional groups attached to an aromatic ring is 1. The van der Waals surface area contributed by atoms with Crippen molar-refractivity contribution in [2.45, 2.75) is 25.3 Å². The highest BCUT2D eigenvalue weighted by atomic mass is 35.5. The smallest absolute Gasteiger partial charge is 0.277 e. The number of rotatable bonds is 3. The molecule has 0 saturated carbocycles. The number of amides is 1. The molecular weight excluding hydrogens is 443 g/mol. The van der Waals surface area contributed by atoms with Crippen LogP contribution in [0.3, 0.4) is 0 Å². The maximum absolute atomic E-state index is 14.1. The first kappa shape index (κ1) is 23.1. The number of thiazole rings is 1. The van der Waals surface area contributed by atoms with Gasteiger partial charge in [-0.05, 0) is 31.4 Å². The fraction of sp³-hybridized carbons (Fsp3) is 0.350. The number of benzene rings is 1. The third-order valence-electron chi connectivity index (χ3n) is 4.51. The number of anilines is 2. The summed E-state index contributed by atoms with van der Waals surface area (Å²) in [7, 11) is 1.73. The summed E-state index contributed by atoms with van der Waals surface area (Å²) in [6.45, 7) is 1.77. The first-order valence-electron chi connectivity index (χ1n) is 9.69. The Balaban J connectivity index is 0.000000287. The van der Waals surface area contributed by atoms with Gasteiger partial charge in [0.1, 0.15) is 10.0 Å². The monoisotopic (exact) mass is 466 g/mol. The molecule has 1 atom stereocenters. The summed E-state index contributed by atoms with van der Waals surface area (Å²) in [6.07, 6.45) is 6.46. The van der Waals surface area contributed by atoms with Crippen LogP contribution < -0.4 is 16.8 Å². The maximum Gasteiger partial charge on any atom is 0.277 e. The summed E-state index contributed by atoms with van der Waals surface area (Å²) < 4.78 is 20.8. The largest absolute Gasteiger partial charge is 0.389 e. The molecule has 1 aliphatic heterocycles. The van der Waals surface area contributed by atoms with Crippen LogP contribution in [-0.4, -0.2) is 39.9 Å². The fourth-order valence-electron chi connectivity index (χ4n) is 2.88. The highest BCUT2D eigenvalue weighted by Gasteiger charge is 2.20. The number of aromatic nitrogens is 3. The second-order valence-electron chi connectivity index (χ2n) is 6.99. The summed E-state index contributed by atoms with van der Waals surface area (Å²) in [5, 5.41) is 7.05. The molecule has 3 aromatic rings. The predicted molar refractivity (Wildman–Crippen MR) is 121 cm³/mol. The molecule has 11 heteroatoms. The number of nitrogens with two attached hydrogens (primary N) is 2. The molecule has 1 unspecified atom stereocenters. The summed E-state index contributed by atoms with van der Waals surface area (Å²) in [4.78, 5) is 16.4. The number of nitrogens with zero attached hydrogens (tertiary/aromatic N) is 3. The Hall–Kier alpha value is -2.53. The van der Waals surface area contributed by atoms with Gasteiger partial charge in [-0.15, -0.1) is 0 Å². The lowest BCUT2D eigenvalue weighted by Gasteiger charge is -2.02. The van der Waals surface area contributed by atoms with Crippen molar-refractivity contribution < 1.29 is 13.9 Å². The van der Waals surface area contributed by atoms with E-state index in [1.54, 1.807) is 24.0 Å². The van der Waals surface area contributed by atoms with Crippen LogP contribution in [0.15, 0.2) is 30.6 Å². The van der Waals surface area contributed by atoms with E-state index in [1.165, 1.54) is 18.3 Å². The predicted octanol–water partition coefficient (Wildman–Crippen LogP) is 3.68. The minimum atomic E-state index is -0.595. The molecule has 1 saturated heterocycles. The molecule has 3 heterocycles. The zero-order valence-corrected chi connectivity index (χ0v) is 18.5. The van der Waals surface area contributed by atoms with Crippen molar-refractivity contribution in [2.75, 3.05) is 24.3 Å². The van der Waals surface area contributed by atoms with E-state index in [0.29, 0.717) is 16.7 Å². The van der Waals surface area contributed by atoms with Gasteiger partial charge in [-0.2, -0.15) is 5.10 Å². The average molecular weight is 467 g/mol. The number of hydrogen-bond acceptors (Lipinski definition) is 7. The van der Waals surface area contributed by atoms with Crippen molar-refractivity contribution in [3.63, 3.8) is 0 Å². The molecule has 0 radical (unpaired) electrons. The molecule has 1 aromatic carbocycles. The Morgan fingerprint density at radius 3 is 2.94 bits per heavy atom. The summed E-state index contributed by atoms with van der Waals surface area (Å²) >= 11 is 6.79. The second kappa shape index (κ2) is 10.7. The Morgan fingerprint density at radius 2 is 2.19 bits per heavy atom. The molecule has 0 bridgehead atoms. The Morgan fingerprint density at radius 1 is 1.39 bits per heavy atom. The zero-order chi connectivity index (χ0) is 22.4. The number of halogens is 2. The topological polar surface area (TPSA) is 121 Å². The lowest BCUT2D eigenvalue weighted by Crippen LogP contribution is -2.19. The summed E-state index contributed by atoms with van der Waals surface area (Å²) in [5.41, 5.74) is 12.3. The molecule has 1 aliphatic rings. The van der Waals surface area contributed by atoms with Crippen molar-refractivity contribution in [1.29, 1.82) is 0 Å². The van der Waals surface area contributed by atoms with Crippen LogP contribution in [-0.2, 0) is 11.8 Å². The van der Waals surface area contributed by atoms with Gasteiger partial charge in [0.05, 0.1) is 16.9 Å². The highest BCUT2D eigenvalue weighted by Crippen LogP contribution is 2.34. The van der Waals surface area contributed by atoms with E-state index < -0.39 is 11.7 Å². The Labute approximate surface area is 188 Å². The molecule has 8 nitrogen and oxygen atoms in total. The zero-order valence-electron chi connectivity index (χ0n) is 17.0. The van der Waals surface area contributed by atoms with Crippen molar-refractivity contribution in [3.8, 4) is 10.6 Å². The third kappa shape index (κ3) is 6.23. The normalized spacial score (nSPS) is 16.2. The molecule has 31 heavy (non-hydrogen) atoms. The van der Waals surface area contributed by atoms with E-state index in [2.05, 4.69) is 15.4 Å². The van der Waals surface area contributed by atoms with Gasteiger partial charge in [0.25, 0.3) is 5.91 Å². The van der Waals surface area contributed by atoms with Gasteiger partial charge < -0.3 is 21.5 Å². The minimum absolute atomic E-state index is 0.0161. The Kier molecular flexibility index (Phi) is 7.97. The van der Waals surface area contributed by atoms with E-state index in [0.717, 1.165) is 43.8 Å². The van der Waals surface area contributed by atoms with E-state index >= 15 is 0 Å². The highest BCUT2D eigenvalue weighted by molar-refractivity contribution is 7.19. The van der Waals surface area contributed by atoms with Gasteiger partial charge in [-0.1, -0.05) is 29.0 Å². The van der Waals surface area contributed by atoms with Crippen molar-refractivity contribution in [1.82, 2.24) is 14.8 Å². The summed E-state index contributed by atoms with van der Waals surface area (Å²) in [5.74, 6) is -1.08. The molecule has 1 amide bonds. The van der Waals surface area contributed by atoms with E-state index in [1.807, 2.05) is 0 Å². The van der Waals surface area contributed by atoms with Gasteiger partial charge in [-0.3, -0.25) is 9.48 Å². The van der Waals surface area contributed by atoms with Crippen LogP contribution in [0.1, 0.15) is 29.8 Å². The number of carbonyl (C=O) groups is 1. The number of nitrogens with one attached hydrogen (secondary N) is 1. The average Bonchev–Trinajstić information content (AvgIpc) is 3.23. The quantitative estimate of drug-likeness (QED) is 0.541. The standard InChI is InChI=1S/C14H11ClFN5OS.C6H13NO/c1-21-6-7(5-18-21)19-13(22)11-12(17)23-14(20-11)8-3-2-4-9(15)10(8)16;7-6-2-1-4-8-5-3-6/h2-6H,17H2,1H3,(H,19,22);6H,1-5,7H2. The van der Waals surface area contributed by atoms with Gasteiger partial charge in [0.15, 0.2) is 11.5 Å². The number of hydrogen-bond donors (Lipinski definition) is 3. The van der Waals surface area contributed by atoms with Gasteiger partial charge >= 0.3 is 0 Å². The van der Waals surface area contributed by atoms with Gasteiger partial charge in [0, 0.05) is 38.1 Å². The first-order chi connectivity index (χ1) is 14.8. The van der Waals surface area contributed by atoms with Crippen molar-refractivity contribution in [2.24, 2.45) is 12.8 Å². The van der Waals surface area contributed by atoms with Crippen LogP contribution in [0.25, 0.3) is 10.6 Å². The summed E-state index contributed by atoms with van der Waals surface area (Å²) in [6, 6.07) is 4.97.